The highest BCUT2D eigenvalue weighted by atomic mass is 16.5. The van der Waals surface area contributed by atoms with Gasteiger partial charge in [-0.1, -0.05) is 59.3 Å². The van der Waals surface area contributed by atoms with Gasteiger partial charge >= 0.3 is 5.97 Å². The maximum atomic E-state index is 11.7. The quantitative estimate of drug-likeness (QED) is 0.367. The Bertz CT molecular complexity index is 568. The first-order valence-electron chi connectivity index (χ1n) is 10.4. The summed E-state index contributed by atoms with van der Waals surface area (Å²) in [4.78, 5) is 11.7. The highest BCUT2D eigenvalue weighted by Crippen LogP contribution is 2.43. The molecule has 0 saturated carbocycles. The molecule has 0 bridgehead atoms. The molecule has 0 aliphatic carbocycles. The Kier molecular flexibility index (Phi) is 11.4. The lowest BCUT2D eigenvalue weighted by atomic mass is 9.98. The lowest BCUT2D eigenvalue weighted by Crippen LogP contribution is -2.10. The zero-order valence-electron chi connectivity index (χ0n) is 17.2. The van der Waals surface area contributed by atoms with E-state index in [4.69, 9.17) is 9.47 Å². The summed E-state index contributed by atoms with van der Waals surface area (Å²) in [6, 6.07) is 1.30. The molecule has 0 radical (unpaired) electrons. The van der Waals surface area contributed by atoms with E-state index in [0.717, 1.165) is 57.8 Å². The van der Waals surface area contributed by atoms with Gasteiger partial charge in [-0.25, -0.2) is 4.79 Å². The van der Waals surface area contributed by atoms with E-state index in [1.165, 1.54) is 6.07 Å². The molecule has 0 atom stereocenters. The van der Waals surface area contributed by atoms with Crippen molar-refractivity contribution in [2.75, 3.05) is 13.2 Å². The molecule has 1 aromatic rings. The van der Waals surface area contributed by atoms with E-state index in [-0.39, 0.29) is 11.3 Å². The van der Waals surface area contributed by atoms with Gasteiger partial charge in [0.1, 0.15) is 0 Å². The molecule has 154 valence electrons. The Hall–Kier alpha value is -1.91. The van der Waals surface area contributed by atoms with Crippen molar-refractivity contribution in [3.63, 3.8) is 0 Å². The number of hydrogen-bond acceptors (Lipinski definition) is 4. The van der Waals surface area contributed by atoms with Crippen LogP contribution in [0.5, 0.6) is 17.2 Å². The van der Waals surface area contributed by atoms with Crippen LogP contribution in [0.15, 0.2) is 6.07 Å². The van der Waals surface area contributed by atoms with Gasteiger partial charge in [0, 0.05) is 5.56 Å². The molecule has 2 N–H and O–H groups in total. The lowest BCUT2D eigenvalue weighted by Gasteiger charge is -2.20. The second-order valence-electron chi connectivity index (χ2n) is 6.95. The van der Waals surface area contributed by atoms with Crippen molar-refractivity contribution in [2.45, 2.75) is 85.0 Å². The zero-order chi connectivity index (χ0) is 20.1. The second kappa shape index (κ2) is 13.3. The van der Waals surface area contributed by atoms with Crippen LogP contribution >= 0.6 is 0 Å². The molecule has 5 heteroatoms. The standard InChI is InChI=1S/C22H36O5/c1-4-7-10-13-17-18(22(24)25)16-19(23)21(27-15-12-9-6-3)20(17)26-14-11-8-5-2/h16,23H,4-15H2,1-3H3,(H,24,25). The Morgan fingerprint density at radius 3 is 1.89 bits per heavy atom. The van der Waals surface area contributed by atoms with E-state index >= 15 is 0 Å². The number of carbonyl (C=O) groups is 1. The Morgan fingerprint density at radius 1 is 0.852 bits per heavy atom. The van der Waals surface area contributed by atoms with Gasteiger partial charge in [-0.2, -0.15) is 0 Å². The molecule has 0 unspecified atom stereocenters. The van der Waals surface area contributed by atoms with Crippen molar-refractivity contribution >= 4 is 5.97 Å². The molecule has 0 aromatic heterocycles. The van der Waals surface area contributed by atoms with Gasteiger partial charge in [-0.15, -0.1) is 0 Å². The fourth-order valence-electron chi connectivity index (χ4n) is 3.00. The van der Waals surface area contributed by atoms with Crippen LogP contribution in [-0.4, -0.2) is 29.4 Å². The third kappa shape index (κ3) is 7.69. The monoisotopic (exact) mass is 380 g/mol. The summed E-state index contributed by atoms with van der Waals surface area (Å²) >= 11 is 0. The van der Waals surface area contributed by atoms with Crippen LogP contribution in [0.25, 0.3) is 0 Å². The molecule has 0 amide bonds. The SMILES string of the molecule is CCCCCOc1c(O)cc(C(=O)O)c(CCCCC)c1OCCCCC. The maximum absolute atomic E-state index is 11.7. The van der Waals surface area contributed by atoms with Gasteiger partial charge in [-0.3, -0.25) is 0 Å². The topological polar surface area (TPSA) is 76.0 Å². The van der Waals surface area contributed by atoms with Crippen molar-refractivity contribution < 1.29 is 24.5 Å². The Labute approximate surface area is 163 Å². The second-order valence-corrected chi connectivity index (χ2v) is 6.95. The van der Waals surface area contributed by atoms with Gasteiger partial charge < -0.3 is 19.7 Å². The minimum Gasteiger partial charge on any atom is -0.504 e. The van der Waals surface area contributed by atoms with E-state index in [1.807, 2.05) is 0 Å². The van der Waals surface area contributed by atoms with Crippen LogP contribution in [0.1, 0.15) is 94.5 Å². The predicted molar refractivity (Wildman–Crippen MR) is 108 cm³/mol. The molecule has 5 nitrogen and oxygen atoms in total. The first-order valence-corrected chi connectivity index (χ1v) is 10.4. The first kappa shape index (κ1) is 23.1. The molecule has 0 heterocycles. The minimum absolute atomic E-state index is 0.106. The number of rotatable bonds is 15. The Morgan fingerprint density at radius 2 is 1.37 bits per heavy atom. The van der Waals surface area contributed by atoms with Gasteiger partial charge in [0.05, 0.1) is 18.8 Å². The summed E-state index contributed by atoms with van der Waals surface area (Å²) < 4.78 is 11.8. The molecule has 27 heavy (non-hydrogen) atoms. The average molecular weight is 381 g/mol. The number of aromatic carboxylic acids is 1. The Balaban J connectivity index is 3.18. The molecule has 0 aliphatic heterocycles. The number of carboxylic acid groups (broad SMARTS) is 1. The average Bonchev–Trinajstić information content (AvgIpc) is 2.64. The van der Waals surface area contributed by atoms with Crippen LogP contribution in [0.4, 0.5) is 0 Å². The van der Waals surface area contributed by atoms with Crippen LogP contribution in [0.2, 0.25) is 0 Å². The highest BCUT2D eigenvalue weighted by Gasteiger charge is 2.24. The molecule has 0 spiro atoms. The molecular formula is C22H36O5. The summed E-state index contributed by atoms with van der Waals surface area (Å²) in [5.74, 6) is -0.503. The van der Waals surface area contributed by atoms with Crippen molar-refractivity contribution in [1.29, 1.82) is 0 Å². The third-order valence-corrected chi connectivity index (χ3v) is 4.57. The van der Waals surface area contributed by atoms with E-state index in [1.54, 1.807) is 0 Å². The van der Waals surface area contributed by atoms with E-state index in [2.05, 4.69) is 20.8 Å². The molecule has 1 aromatic carbocycles. The number of ether oxygens (including phenoxy) is 2. The summed E-state index contributed by atoms with van der Waals surface area (Å²) in [6.45, 7) is 7.32. The smallest absolute Gasteiger partial charge is 0.336 e. The van der Waals surface area contributed by atoms with Crippen LogP contribution in [0.3, 0.4) is 0 Å². The number of benzene rings is 1. The highest BCUT2D eigenvalue weighted by molar-refractivity contribution is 5.92. The fraction of sp³-hybridized carbons (Fsp3) is 0.682. The third-order valence-electron chi connectivity index (χ3n) is 4.57. The normalized spacial score (nSPS) is 10.8. The minimum atomic E-state index is -1.05. The van der Waals surface area contributed by atoms with Crippen molar-refractivity contribution in [1.82, 2.24) is 0 Å². The molecule has 0 aliphatic rings. The first-order chi connectivity index (χ1) is 13.1. The molecule has 0 fully saturated rings. The van der Waals surface area contributed by atoms with E-state index in [0.29, 0.717) is 36.7 Å². The van der Waals surface area contributed by atoms with E-state index < -0.39 is 5.97 Å². The number of carboxylic acids is 1. The fourth-order valence-corrected chi connectivity index (χ4v) is 3.00. The van der Waals surface area contributed by atoms with Crippen molar-refractivity contribution in [3.8, 4) is 17.2 Å². The van der Waals surface area contributed by atoms with Crippen LogP contribution < -0.4 is 9.47 Å². The van der Waals surface area contributed by atoms with Crippen LogP contribution in [-0.2, 0) is 6.42 Å². The van der Waals surface area contributed by atoms with Gasteiger partial charge in [0.25, 0.3) is 0 Å². The molecule has 0 saturated heterocycles. The van der Waals surface area contributed by atoms with Gasteiger partial charge in [0.2, 0.25) is 5.75 Å². The number of hydrogen-bond donors (Lipinski definition) is 2. The largest absolute Gasteiger partial charge is 0.504 e. The summed E-state index contributed by atoms with van der Waals surface area (Å²) in [5.41, 5.74) is 0.741. The van der Waals surface area contributed by atoms with Crippen LogP contribution in [0, 0.1) is 0 Å². The number of unbranched alkanes of at least 4 members (excludes halogenated alkanes) is 6. The summed E-state index contributed by atoms with van der Waals surface area (Å²) in [6.07, 6.45) is 9.56. The number of phenols is 1. The maximum Gasteiger partial charge on any atom is 0.336 e. The number of aromatic hydroxyl groups is 1. The zero-order valence-corrected chi connectivity index (χ0v) is 17.2. The predicted octanol–water partition coefficient (Wildman–Crippen LogP) is 5.96. The molecular weight excluding hydrogens is 344 g/mol. The van der Waals surface area contributed by atoms with Crippen molar-refractivity contribution in [3.05, 3.63) is 17.2 Å². The lowest BCUT2D eigenvalue weighted by molar-refractivity contribution is 0.0694. The van der Waals surface area contributed by atoms with Gasteiger partial charge in [0.15, 0.2) is 11.5 Å². The van der Waals surface area contributed by atoms with E-state index in [9.17, 15) is 15.0 Å². The summed E-state index contributed by atoms with van der Waals surface area (Å²) in [5, 5.41) is 20.0. The van der Waals surface area contributed by atoms with Gasteiger partial charge in [-0.05, 0) is 31.7 Å². The van der Waals surface area contributed by atoms with Crippen molar-refractivity contribution in [2.24, 2.45) is 0 Å². The molecule has 1 rings (SSSR count). The number of phenolic OH excluding ortho intramolecular Hbond substituents is 1. The summed E-state index contributed by atoms with van der Waals surface area (Å²) in [7, 11) is 0.